The Morgan fingerprint density at radius 3 is 2.83 bits per heavy atom. The Morgan fingerprint density at radius 2 is 2.17 bits per heavy atom. The van der Waals surface area contributed by atoms with Gasteiger partial charge in [-0.25, -0.2) is 4.39 Å². The summed E-state index contributed by atoms with van der Waals surface area (Å²) in [6, 6.07) is 5.29. The van der Waals surface area contributed by atoms with Crippen molar-refractivity contribution in [3.8, 4) is 5.69 Å². The number of halogens is 1. The highest BCUT2D eigenvalue weighted by Gasteiger charge is 2.09. The molecule has 2 rings (SSSR count). The third kappa shape index (κ3) is 2.70. The largest absolute Gasteiger partial charge is 0.308 e. The van der Waals surface area contributed by atoms with Crippen LogP contribution < -0.4 is 5.32 Å². The summed E-state index contributed by atoms with van der Waals surface area (Å²) < 4.78 is 15.1. The number of tetrazole rings is 1. The van der Waals surface area contributed by atoms with Crippen molar-refractivity contribution in [2.75, 3.05) is 0 Å². The number of benzene rings is 1. The standard InChI is InChI=1S/C12H16FN5/c1-8(2)14-7-12-15-16-17-18(12)10-5-4-9(3)11(13)6-10/h4-6,8,14H,7H2,1-3H3. The summed E-state index contributed by atoms with van der Waals surface area (Å²) in [6.07, 6.45) is 0. The smallest absolute Gasteiger partial charge is 0.170 e. The zero-order valence-electron chi connectivity index (χ0n) is 10.7. The number of rotatable bonds is 4. The molecule has 0 aliphatic heterocycles. The number of hydrogen-bond acceptors (Lipinski definition) is 4. The first-order chi connectivity index (χ1) is 8.58. The highest BCUT2D eigenvalue weighted by Crippen LogP contribution is 2.13. The van der Waals surface area contributed by atoms with Gasteiger partial charge in [0.05, 0.1) is 12.2 Å². The molecule has 0 aliphatic carbocycles. The molecule has 1 aromatic heterocycles. The van der Waals surface area contributed by atoms with Gasteiger partial charge in [-0.3, -0.25) is 0 Å². The zero-order valence-corrected chi connectivity index (χ0v) is 10.7. The Kier molecular flexibility index (Phi) is 3.66. The van der Waals surface area contributed by atoms with Gasteiger partial charge in [0.2, 0.25) is 0 Å². The van der Waals surface area contributed by atoms with Gasteiger partial charge in [-0.05, 0) is 35.0 Å². The van der Waals surface area contributed by atoms with Gasteiger partial charge >= 0.3 is 0 Å². The second kappa shape index (κ2) is 5.22. The average Bonchev–Trinajstić information content (AvgIpc) is 2.78. The fraction of sp³-hybridized carbons (Fsp3) is 0.417. The lowest BCUT2D eigenvalue weighted by Crippen LogP contribution is -2.24. The predicted octanol–water partition coefficient (Wildman–Crippen LogP) is 1.61. The number of nitrogens with one attached hydrogen (secondary N) is 1. The van der Waals surface area contributed by atoms with Crippen LogP contribution in [0.2, 0.25) is 0 Å². The second-order valence-electron chi connectivity index (χ2n) is 4.48. The fourth-order valence-corrected chi connectivity index (χ4v) is 1.53. The summed E-state index contributed by atoms with van der Waals surface area (Å²) in [5.74, 6) is 0.401. The Bertz CT molecular complexity index is 535. The molecule has 0 saturated heterocycles. The van der Waals surface area contributed by atoms with E-state index in [-0.39, 0.29) is 5.82 Å². The Balaban J connectivity index is 2.27. The van der Waals surface area contributed by atoms with E-state index < -0.39 is 0 Å². The molecular weight excluding hydrogens is 233 g/mol. The molecule has 0 unspecified atom stereocenters. The van der Waals surface area contributed by atoms with Gasteiger partial charge in [-0.1, -0.05) is 19.9 Å². The maximum Gasteiger partial charge on any atom is 0.170 e. The first-order valence-corrected chi connectivity index (χ1v) is 5.85. The maximum atomic E-state index is 13.5. The molecule has 0 amide bonds. The van der Waals surface area contributed by atoms with E-state index in [1.807, 2.05) is 13.8 Å². The minimum Gasteiger partial charge on any atom is -0.308 e. The molecule has 6 heteroatoms. The second-order valence-corrected chi connectivity index (χ2v) is 4.48. The number of aryl methyl sites for hydroxylation is 1. The van der Waals surface area contributed by atoms with Gasteiger partial charge in [0.25, 0.3) is 0 Å². The van der Waals surface area contributed by atoms with Crippen LogP contribution >= 0.6 is 0 Å². The Labute approximate surface area is 105 Å². The predicted molar refractivity (Wildman–Crippen MR) is 65.8 cm³/mol. The third-order valence-corrected chi connectivity index (χ3v) is 2.60. The van der Waals surface area contributed by atoms with E-state index >= 15 is 0 Å². The van der Waals surface area contributed by atoms with E-state index in [0.29, 0.717) is 29.7 Å². The highest BCUT2D eigenvalue weighted by molar-refractivity contribution is 5.34. The van der Waals surface area contributed by atoms with Crippen molar-refractivity contribution < 1.29 is 4.39 Å². The lowest BCUT2D eigenvalue weighted by atomic mass is 10.2. The highest BCUT2D eigenvalue weighted by atomic mass is 19.1. The average molecular weight is 249 g/mol. The molecule has 0 atom stereocenters. The lowest BCUT2D eigenvalue weighted by molar-refractivity contribution is 0.562. The van der Waals surface area contributed by atoms with Crippen LogP contribution in [0.4, 0.5) is 4.39 Å². The molecule has 1 aromatic carbocycles. The van der Waals surface area contributed by atoms with Crippen LogP contribution in [0.3, 0.4) is 0 Å². The van der Waals surface area contributed by atoms with E-state index in [9.17, 15) is 4.39 Å². The SMILES string of the molecule is Cc1ccc(-n2nnnc2CNC(C)C)cc1F. The topological polar surface area (TPSA) is 55.6 Å². The van der Waals surface area contributed by atoms with Crippen molar-refractivity contribution in [2.24, 2.45) is 0 Å². The van der Waals surface area contributed by atoms with Gasteiger partial charge in [-0.2, -0.15) is 4.68 Å². The molecule has 0 radical (unpaired) electrons. The van der Waals surface area contributed by atoms with Crippen molar-refractivity contribution >= 4 is 0 Å². The van der Waals surface area contributed by atoms with E-state index in [2.05, 4.69) is 20.8 Å². The summed E-state index contributed by atoms with van der Waals surface area (Å²) in [5, 5.41) is 14.7. The van der Waals surface area contributed by atoms with Crippen molar-refractivity contribution in [1.29, 1.82) is 0 Å². The monoisotopic (exact) mass is 249 g/mol. The van der Waals surface area contributed by atoms with Gasteiger partial charge in [0.1, 0.15) is 5.82 Å². The molecule has 1 heterocycles. The molecule has 0 aliphatic rings. The van der Waals surface area contributed by atoms with E-state index in [4.69, 9.17) is 0 Å². The minimum absolute atomic E-state index is 0.259. The molecule has 5 nitrogen and oxygen atoms in total. The Morgan fingerprint density at radius 1 is 1.39 bits per heavy atom. The van der Waals surface area contributed by atoms with Crippen molar-refractivity contribution in [1.82, 2.24) is 25.5 Å². The van der Waals surface area contributed by atoms with Gasteiger partial charge in [0, 0.05) is 6.04 Å². The molecule has 0 spiro atoms. The van der Waals surface area contributed by atoms with E-state index in [0.717, 1.165) is 0 Å². The number of aromatic nitrogens is 4. The summed E-state index contributed by atoms with van der Waals surface area (Å²) in [7, 11) is 0. The summed E-state index contributed by atoms with van der Waals surface area (Å²) in [4.78, 5) is 0. The molecule has 0 bridgehead atoms. The lowest BCUT2D eigenvalue weighted by Gasteiger charge is -2.08. The van der Waals surface area contributed by atoms with Crippen LogP contribution in [0.15, 0.2) is 18.2 Å². The molecule has 0 saturated carbocycles. The molecule has 0 fully saturated rings. The molecule has 2 aromatic rings. The first kappa shape index (κ1) is 12.6. The Hall–Kier alpha value is -1.82. The van der Waals surface area contributed by atoms with Crippen LogP contribution in [0.25, 0.3) is 5.69 Å². The number of nitrogens with zero attached hydrogens (tertiary/aromatic N) is 4. The summed E-state index contributed by atoms with van der Waals surface area (Å²) >= 11 is 0. The van der Waals surface area contributed by atoms with E-state index in [1.54, 1.807) is 19.1 Å². The van der Waals surface area contributed by atoms with Gasteiger partial charge in [-0.15, -0.1) is 5.10 Å². The van der Waals surface area contributed by atoms with Crippen LogP contribution in [-0.4, -0.2) is 26.2 Å². The normalized spacial score (nSPS) is 11.2. The minimum atomic E-state index is -0.259. The van der Waals surface area contributed by atoms with E-state index in [1.165, 1.54) is 10.7 Å². The summed E-state index contributed by atoms with van der Waals surface area (Å²) in [6.45, 7) is 6.35. The van der Waals surface area contributed by atoms with Gasteiger partial charge in [0.15, 0.2) is 5.82 Å². The third-order valence-electron chi connectivity index (χ3n) is 2.60. The van der Waals surface area contributed by atoms with Crippen LogP contribution in [0, 0.1) is 12.7 Å². The van der Waals surface area contributed by atoms with Crippen LogP contribution in [0.1, 0.15) is 25.2 Å². The van der Waals surface area contributed by atoms with Crippen LogP contribution in [-0.2, 0) is 6.54 Å². The molecule has 18 heavy (non-hydrogen) atoms. The maximum absolute atomic E-state index is 13.5. The molecular formula is C12H16FN5. The van der Waals surface area contributed by atoms with Crippen molar-refractivity contribution in [3.63, 3.8) is 0 Å². The zero-order chi connectivity index (χ0) is 13.1. The fourth-order valence-electron chi connectivity index (χ4n) is 1.53. The first-order valence-electron chi connectivity index (χ1n) is 5.85. The summed E-state index contributed by atoms with van der Waals surface area (Å²) in [5.41, 5.74) is 1.23. The number of hydrogen-bond donors (Lipinski definition) is 1. The van der Waals surface area contributed by atoms with Gasteiger partial charge < -0.3 is 5.32 Å². The molecule has 96 valence electrons. The van der Waals surface area contributed by atoms with Crippen molar-refractivity contribution in [3.05, 3.63) is 35.4 Å². The quantitative estimate of drug-likeness (QED) is 0.894. The molecule has 1 N–H and O–H groups in total. The van der Waals surface area contributed by atoms with Crippen LogP contribution in [0.5, 0.6) is 0 Å². The van der Waals surface area contributed by atoms with Crippen molar-refractivity contribution in [2.45, 2.75) is 33.4 Å².